The van der Waals surface area contributed by atoms with Gasteiger partial charge in [0.2, 0.25) is 5.89 Å². The second-order valence-electron chi connectivity index (χ2n) is 3.96. The Morgan fingerprint density at radius 3 is 3.00 bits per heavy atom. The van der Waals surface area contributed by atoms with Gasteiger partial charge < -0.3 is 14.4 Å². The Kier molecular flexibility index (Phi) is 5.62. The lowest BCUT2D eigenvalue weighted by molar-refractivity contribution is -0.137. The molecular weight excluding hydrogens is 224 g/mol. The fourth-order valence-corrected chi connectivity index (χ4v) is 1.45. The zero-order chi connectivity index (χ0) is 12.7. The van der Waals surface area contributed by atoms with Crippen LogP contribution in [0.2, 0.25) is 0 Å². The molecule has 96 valence electrons. The summed E-state index contributed by atoms with van der Waals surface area (Å²) in [7, 11) is 0. The van der Waals surface area contributed by atoms with Crippen molar-refractivity contribution in [3.63, 3.8) is 0 Å². The minimum atomic E-state index is -0.811. The van der Waals surface area contributed by atoms with Gasteiger partial charge in [0.25, 0.3) is 0 Å². The van der Waals surface area contributed by atoms with Gasteiger partial charge in [-0.05, 0) is 12.8 Å². The maximum absolute atomic E-state index is 10.5. The monoisotopic (exact) mass is 242 g/mol. The molecule has 0 aliphatic carbocycles. The van der Waals surface area contributed by atoms with E-state index in [1.54, 1.807) is 0 Å². The number of aliphatic carboxylic acids is 1. The smallest absolute Gasteiger partial charge is 0.303 e. The second-order valence-corrected chi connectivity index (χ2v) is 3.96. The topological polar surface area (TPSA) is 85.5 Å². The van der Waals surface area contributed by atoms with E-state index < -0.39 is 5.97 Å². The van der Waals surface area contributed by atoms with Crippen LogP contribution in [0.1, 0.15) is 32.0 Å². The molecule has 17 heavy (non-hydrogen) atoms. The second kappa shape index (κ2) is 7.01. The summed E-state index contributed by atoms with van der Waals surface area (Å²) in [5.74, 6) is 0.280. The Labute approximate surface area is 100.0 Å². The van der Waals surface area contributed by atoms with E-state index in [9.17, 15) is 4.79 Å². The van der Waals surface area contributed by atoms with Crippen molar-refractivity contribution in [2.75, 3.05) is 13.2 Å². The summed E-state index contributed by atoms with van der Waals surface area (Å²) >= 11 is 0. The van der Waals surface area contributed by atoms with E-state index in [4.69, 9.17) is 14.4 Å². The number of carbonyl (C=O) groups is 1. The van der Waals surface area contributed by atoms with Gasteiger partial charge >= 0.3 is 5.97 Å². The SMILES string of the molecule is CCOCCc1noc(CC(C)CC(=O)O)n1. The molecule has 1 rings (SSSR count). The van der Waals surface area contributed by atoms with Gasteiger partial charge in [-0.25, -0.2) is 0 Å². The highest BCUT2D eigenvalue weighted by Gasteiger charge is 2.13. The quantitative estimate of drug-likeness (QED) is 0.691. The molecule has 0 spiro atoms. The van der Waals surface area contributed by atoms with Crippen LogP contribution in [0.15, 0.2) is 4.52 Å². The van der Waals surface area contributed by atoms with E-state index in [0.29, 0.717) is 37.8 Å². The van der Waals surface area contributed by atoms with Crippen LogP contribution in [0.4, 0.5) is 0 Å². The molecule has 0 aromatic carbocycles. The lowest BCUT2D eigenvalue weighted by atomic mass is 10.0. The normalized spacial score (nSPS) is 12.6. The first-order valence-electron chi connectivity index (χ1n) is 5.72. The molecule has 0 fully saturated rings. The average molecular weight is 242 g/mol. The third-order valence-electron chi connectivity index (χ3n) is 2.23. The lowest BCUT2D eigenvalue weighted by Gasteiger charge is -2.03. The van der Waals surface area contributed by atoms with Crippen molar-refractivity contribution in [3.05, 3.63) is 11.7 Å². The zero-order valence-corrected chi connectivity index (χ0v) is 10.2. The van der Waals surface area contributed by atoms with Gasteiger partial charge in [0.05, 0.1) is 6.61 Å². The standard InChI is InChI=1S/C11H18N2O4/c1-3-16-5-4-9-12-10(17-13-9)6-8(2)7-11(14)15/h8H,3-7H2,1-2H3,(H,14,15). The molecular formula is C11H18N2O4. The number of nitrogens with zero attached hydrogens (tertiary/aromatic N) is 2. The molecule has 1 unspecified atom stereocenters. The highest BCUT2D eigenvalue weighted by atomic mass is 16.5. The first-order valence-corrected chi connectivity index (χ1v) is 5.72. The van der Waals surface area contributed by atoms with Gasteiger partial charge in [-0.2, -0.15) is 4.98 Å². The molecule has 1 atom stereocenters. The minimum Gasteiger partial charge on any atom is -0.481 e. The third-order valence-corrected chi connectivity index (χ3v) is 2.23. The van der Waals surface area contributed by atoms with Crippen LogP contribution in [0.5, 0.6) is 0 Å². The van der Waals surface area contributed by atoms with E-state index >= 15 is 0 Å². The van der Waals surface area contributed by atoms with Crippen LogP contribution in [0.3, 0.4) is 0 Å². The molecule has 1 aromatic rings. The first kappa shape index (κ1) is 13.6. The molecule has 0 saturated heterocycles. The maximum Gasteiger partial charge on any atom is 0.303 e. The van der Waals surface area contributed by atoms with Crippen molar-refractivity contribution < 1.29 is 19.2 Å². The average Bonchev–Trinajstić information content (AvgIpc) is 2.64. The van der Waals surface area contributed by atoms with Crippen molar-refractivity contribution in [2.24, 2.45) is 5.92 Å². The number of carboxylic acids is 1. The third kappa shape index (κ3) is 5.44. The molecule has 1 heterocycles. The Morgan fingerprint density at radius 2 is 2.35 bits per heavy atom. The van der Waals surface area contributed by atoms with Crippen LogP contribution in [0.25, 0.3) is 0 Å². The molecule has 0 saturated carbocycles. The number of rotatable bonds is 8. The molecule has 0 aliphatic heterocycles. The largest absolute Gasteiger partial charge is 0.481 e. The first-order chi connectivity index (χ1) is 8.11. The van der Waals surface area contributed by atoms with E-state index in [0.717, 1.165) is 0 Å². The van der Waals surface area contributed by atoms with Gasteiger partial charge in [0.1, 0.15) is 0 Å². The molecule has 6 nitrogen and oxygen atoms in total. The molecule has 0 bridgehead atoms. The fraction of sp³-hybridized carbons (Fsp3) is 0.727. The number of hydrogen-bond acceptors (Lipinski definition) is 5. The van der Waals surface area contributed by atoms with Gasteiger partial charge in [0.15, 0.2) is 5.82 Å². The number of ether oxygens (including phenoxy) is 1. The van der Waals surface area contributed by atoms with Crippen molar-refractivity contribution in [2.45, 2.75) is 33.1 Å². The van der Waals surface area contributed by atoms with Crippen molar-refractivity contribution in [3.8, 4) is 0 Å². The van der Waals surface area contributed by atoms with Crippen molar-refractivity contribution in [1.82, 2.24) is 10.1 Å². The Hall–Kier alpha value is -1.43. The zero-order valence-electron chi connectivity index (χ0n) is 10.2. The maximum atomic E-state index is 10.5. The summed E-state index contributed by atoms with van der Waals surface area (Å²) in [6.45, 7) is 5.01. The van der Waals surface area contributed by atoms with Gasteiger partial charge in [0, 0.05) is 25.9 Å². The number of hydrogen-bond donors (Lipinski definition) is 1. The Bertz CT molecular complexity index is 351. The summed E-state index contributed by atoms with van der Waals surface area (Å²) < 4.78 is 10.2. The van der Waals surface area contributed by atoms with Gasteiger partial charge in [-0.3, -0.25) is 4.79 Å². The predicted octanol–water partition coefficient (Wildman–Crippen LogP) is 1.30. The van der Waals surface area contributed by atoms with Gasteiger partial charge in [-0.15, -0.1) is 0 Å². The predicted molar refractivity (Wildman–Crippen MR) is 59.6 cm³/mol. The molecule has 0 radical (unpaired) electrons. The minimum absolute atomic E-state index is 0.00677. The lowest BCUT2D eigenvalue weighted by Crippen LogP contribution is -2.07. The van der Waals surface area contributed by atoms with E-state index in [2.05, 4.69) is 10.1 Å². The summed E-state index contributed by atoms with van der Waals surface area (Å²) in [5.41, 5.74) is 0. The van der Waals surface area contributed by atoms with E-state index in [1.165, 1.54) is 0 Å². The molecule has 0 aliphatic rings. The highest BCUT2D eigenvalue weighted by Crippen LogP contribution is 2.10. The van der Waals surface area contributed by atoms with E-state index in [1.807, 2.05) is 13.8 Å². The van der Waals surface area contributed by atoms with Crippen LogP contribution < -0.4 is 0 Å². The summed E-state index contributed by atoms with van der Waals surface area (Å²) in [4.78, 5) is 14.7. The van der Waals surface area contributed by atoms with Crippen LogP contribution in [-0.2, 0) is 22.4 Å². The summed E-state index contributed by atoms with van der Waals surface area (Å²) in [6, 6.07) is 0. The fourth-order valence-electron chi connectivity index (χ4n) is 1.45. The van der Waals surface area contributed by atoms with Crippen LogP contribution in [0, 0.1) is 5.92 Å². The summed E-state index contributed by atoms with van der Waals surface area (Å²) in [6.07, 6.45) is 1.22. The molecule has 0 amide bonds. The summed E-state index contributed by atoms with van der Waals surface area (Å²) in [5, 5.41) is 12.4. The molecule has 1 aromatic heterocycles. The number of carboxylic acid groups (broad SMARTS) is 1. The van der Waals surface area contributed by atoms with E-state index in [-0.39, 0.29) is 12.3 Å². The van der Waals surface area contributed by atoms with Crippen LogP contribution >= 0.6 is 0 Å². The van der Waals surface area contributed by atoms with Crippen molar-refractivity contribution >= 4 is 5.97 Å². The molecule has 6 heteroatoms. The van der Waals surface area contributed by atoms with Gasteiger partial charge in [-0.1, -0.05) is 12.1 Å². The van der Waals surface area contributed by atoms with Crippen molar-refractivity contribution in [1.29, 1.82) is 0 Å². The Morgan fingerprint density at radius 1 is 1.59 bits per heavy atom. The highest BCUT2D eigenvalue weighted by molar-refractivity contribution is 5.66. The van der Waals surface area contributed by atoms with Crippen LogP contribution in [-0.4, -0.2) is 34.4 Å². The molecule has 1 N–H and O–H groups in total. The number of aromatic nitrogens is 2. The Balaban J connectivity index is 2.37.